The average molecular weight is 439 g/mol. The lowest BCUT2D eigenvalue weighted by Crippen LogP contribution is -2.10. The number of ketones is 1. The molecular formula is C22H18N2O4S2. The molecule has 0 bridgehead atoms. The van der Waals surface area contributed by atoms with Gasteiger partial charge in [0.15, 0.2) is 5.78 Å². The highest BCUT2D eigenvalue weighted by Gasteiger charge is 2.26. The number of nitrogens with zero attached hydrogens (tertiary/aromatic N) is 2. The number of carbonyl (C=O) groups excluding carboxylic acids is 1. The van der Waals surface area contributed by atoms with Crippen LogP contribution in [-0.4, -0.2) is 30.2 Å². The molecule has 30 heavy (non-hydrogen) atoms. The number of hydrogen-bond donors (Lipinski definition) is 0. The lowest BCUT2D eigenvalue weighted by molar-refractivity contribution is 0.0989. The van der Waals surface area contributed by atoms with Crippen LogP contribution in [0.3, 0.4) is 0 Å². The van der Waals surface area contributed by atoms with Crippen LogP contribution in [0.2, 0.25) is 0 Å². The van der Waals surface area contributed by atoms with Gasteiger partial charge in [-0.3, -0.25) is 4.79 Å². The van der Waals surface area contributed by atoms with Crippen LogP contribution in [0.25, 0.3) is 10.8 Å². The summed E-state index contributed by atoms with van der Waals surface area (Å²) in [6, 6.07) is 18.3. The van der Waals surface area contributed by atoms with Crippen LogP contribution in [-0.2, 0) is 0 Å². The molecule has 2 heterocycles. The fourth-order valence-electron chi connectivity index (χ4n) is 2.82. The maximum atomic E-state index is 13.4. The summed E-state index contributed by atoms with van der Waals surface area (Å²) >= 11 is 2.75. The highest BCUT2D eigenvalue weighted by atomic mass is 32.2. The smallest absolute Gasteiger partial charge is 0.277 e. The average Bonchev–Trinajstić information content (AvgIpc) is 3.49. The molecule has 6 nitrogen and oxygen atoms in total. The summed E-state index contributed by atoms with van der Waals surface area (Å²) in [6.07, 6.45) is 0. The fourth-order valence-corrected chi connectivity index (χ4v) is 4.41. The third-order valence-electron chi connectivity index (χ3n) is 4.39. The minimum Gasteiger partial charge on any atom is -0.497 e. The van der Waals surface area contributed by atoms with Crippen molar-refractivity contribution in [2.24, 2.45) is 0 Å². The summed E-state index contributed by atoms with van der Waals surface area (Å²) in [6.45, 7) is 0. The maximum Gasteiger partial charge on any atom is 0.277 e. The summed E-state index contributed by atoms with van der Waals surface area (Å²) in [5, 5.41) is 9.97. The minimum atomic E-state index is -0.555. The van der Waals surface area contributed by atoms with Crippen molar-refractivity contribution in [1.82, 2.24) is 10.2 Å². The molecule has 4 aromatic rings. The Morgan fingerprint density at radius 3 is 2.23 bits per heavy atom. The van der Waals surface area contributed by atoms with Crippen LogP contribution in [0.15, 0.2) is 75.7 Å². The first kappa shape index (κ1) is 20.2. The molecule has 0 fully saturated rings. The van der Waals surface area contributed by atoms with Gasteiger partial charge in [-0.15, -0.1) is 21.5 Å². The Balaban J connectivity index is 1.64. The van der Waals surface area contributed by atoms with Gasteiger partial charge in [0.2, 0.25) is 0 Å². The Morgan fingerprint density at radius 1 is 0.967 bits per heavy atom. The zero-order valence-corrected chi connectivity index (χ0v) is 17.9. The van der Waals surface area contributed by atoms with Crippen molar-refractivity contribution < 1.29 is 18.7 Å². The molecule has 0 saturated heterocycles. The molecule has 0 saturated carbocycles. The van der Waals surface area contributed by atoms with E-state index in [1.165, 1.54) is 23.1 Å². The van der Waals surface area contributed by atoms with Crippen molar-refractivity contribution in [1.29, 1.82) is 0 Å². The molecule has 0 aliphatic rings. The van der Waals surface area contributed by atoms with Gasteiger partial charge in [-0.05, 0) is 65.2 Å². The van der Waals surface area contributed by atoms with Crippen molar-refractivity contribution in [3.63, 3.8) is 0 Å². The minimum absolute atomic E-state index is 0.0660. The Hall–Kier alpha value is -3.10. The number of methoxy groups -OCH3 is 2. The van der Waals surface area contributed by atoms with Gasteiger partial charge in [0, 0.05) is 5.56 Å². The molecular weight excluding hydrogens is 420 g/mol. The van der Waals surface area contributed by atoms with E-state index in [1.54, 1.807) is 38.5 Å². The molecule has 2 aromatic heterocycles. The molecule has 0 N–H and O–H groups in total. The first-order chi connectivity index (χ1) is 14.7. The quantitative estimate of drug-likeness (QED) is 0.264. The van der Waals surface area contributed by atoms with Gasteiger partial charge in [0.05, 0.1) is 19.1 Å². The Labute approximate surface area is 181 Å². The Morgan fingerprint density at radius 2 is 1.63 bits per heavy atom. The number of hydrogen-bond acceptors (Lipinski definition) is 8. The van der Waals surface area contributed by atoms with Crippen molar-refractivity contribution in [2.45, 2.75) is 10.5 Å². The number of ether oxygens (including phenoxy) is 2. The third-order valence-corrected chi connectivity index (χ3v) is 6.33. The number of aromatic nitrogens is 2. The Kier molecular flexibility index (Phi) is 6.15. The van der Waals surface area contributed by atoms with E-state index in [0.29, 0.717) is 22.4 Å². The van der Waals surface area contributed by atoms with E-state index in [-0.39, 0.29) is 5.78 Å². The van der Waals surface area contributed by atoms with E-state index in [4.69, 9.17) is 13.9 Å². The molecule has 0 unspecified atom stereocenters. The second-order valence-corrected chi connectivity index (χ2v) is 8.22. The lowest BCUT2D eigenvalue weighted by atomic mass is 10.0. The number of benzene rings is 2. The van der Waals surface area contributed by atoms with E-state index in [9.17, 15) is 4.79 Å². The van der Waals surface area contributed by atoms with Crippen LogP contribution < -0.4 is 9.47 Å². The molecule has 1 atom stereocenters. The first-order valence-electron chi connectivity index (χ1n) is 9.04. The van der Waals surface area contributed by atoms with Crippen molar-refractivity contribution in [3.05, 3.63) is 77.2 Å². The second-order valence-electron chi connectivity index (χ2n) is 6.21. The molecule has 2 aromatic carbocycles. The zero-order valence-electron chi connectivity index (χ0n) is 16.3. The predicted molar refractivity (Wildman–Crippen MR) is 117 cm³/mol. The van der Waals surface area contributed by atoms with E-state index < -0.39 is 5.25 Å². The summed E-state index contributed by atoms with van der Waals surface area (Å²) in [7, 11) is 3.20. The van der Waals surface area contributed by atoms with Gasteiger partial charge >= 0.3 is 0 Å². The SMILES string of the molecule is COc1ccc(C(=O)[C@@H](Sc2nnc(-c3cccs3)o2)c2ccc(OC)cc2)cc1. The van der Waals surface area contributed by atoms with Crippen molar-refractivity contribution in [2.75, 3.05) is 14.2 Å². The summed E-state index contributed by atoms with van der Waals surface area (Å²) in [5.41, 5.74) is 1.39. The topological polar surface area (TPSA) is 74.5 Å². The molecule has 0 radical (unpaired) electrons. The van der Waals surface area contributed by atoms with Gasteiger partial charge in [-0.2, -0.15) is 0 Å². The Bertz CT molecular complexity index is 1110. The van der Waals surface area contributed by atoms with Gasteiger partial charge in [0.1, 0.15) is 16.7 Å². The standard InChI is InChI=1S/C22H18N2O4S2/c1-26-16-9-5-14(6-10-16)19(25)20(15-7-11-17(27-2)12-8-15)30-22-24-23-21(28-22)18-4-3-13-29-18/h3-13,20H,1-2H3/t20-/m0/s1. The number of thioether (sulfide) groups is 1. The van der Waals surface area contributed by atoms with E-state index in [1.807, 2.05) is 41.8 Å². The largest absolute Gasteiger partial charge is 0.497 e. The lowest BCUT2D eigenvalue weighted by Gasteiger charge is -2.15. The van der Waals surface area contributed by atoms with Crippen LogP contribution in [0.5, 0.6) is 11.5 Å². The second kappa shape index (κ2) is 9.15. The highest BCUT2D eigenvalue weighted by Crippen LogP contribution is 2.39. The monoisotopic (exact) mass is 438 g/mol. The molecule has 0 spiro atoms. The van der Waals surface area contributed by atoms with Gasteiger partial charge in [0.25, 0.3) is 11.1 Å². The molecule has 8 heteroatoms. The molecule has 152 valence electrons. The van der Waals surface area contributed by atoms with Crippen LogP contribution >= 0.6 is 23.1 Å². The van der Waals surface area contributed by atoms with E-state index >= 15 is 0 Å². The number of rotatable bonds is 8. The van der Waals surface area contributed by atoms with Crippen molar-refractivity contribution >= 4 is 28.9 Å². The van der Waals surface area contributed by atoms with Crippen LogP contribution in [0.1, 0.15) is 21.2 Å². The summed E-state index contributed by atoms with van der Waals surface area (Å²) in [4.78, 5) is 14.2. The van der Waals surface area contributed by atoms with Gasteiger partial charge < -0.3 is 13.9 Å². The summed E-state index contributed by atoms with van der Waals surface area (Å²) < 4.78 is 16.2. The van der Waals surface area contributed by atoms with Crippen molar-refractivity contribution in [3.8, 4) is 22.3 Å². The normalized spacial score (nSPS) is 11.8. The van der Waals surface area contributed by atoms with Crippen LogP contribution in [0.4, 0.5) is 0 Å². The molecule has 0 aliphatic carbocycles. The molecule has 4 rings (SSSR count). The van der Waals surface area contributed by atoms with E-state index in [0.717, 1.165) is 16.2 Å². The summed E-state index contributed by atoms with van der Waals surface area (Å²) in [5.74, 6) is 1.79. The van der Waals surface area contributed by atoms with E-state index in [2.05, 4.69) is 10.2 Å². The molecule has 0 amide bonds. The zero-order chi connectivity index (χ0) is 20.9. The molecule has 0 aliphatic heterocycles. The fraction of sp³-hybridized carbons (Fsp3) is 0.136. The first-order valence-corrected chi connectivity index (χ1v) is 10.8. The number of carbonyl (C=O) groups is 1. The predicted octanol–water partition coefficient (Wildman–Crippen LogP) is 5.53. The maximum absolute atomic E-state index is 13.4. The van der Waals surface area contributed by atoms with Gasteiger partial charge in [-0.25, -0.2) is 0 Å². The number of thiophene rings is 1. The van der Waals surface area contributed by atoms with Crippen LogP contribution in [0, 0.1) is 0 Å². The highest BCUT2D eigenvalue weighted by molar-refractivity contribution is 8.00. The number of Topliss-reactive ketones (excluding diaryl/α,β-unsaturated/α-hetero) is 1. The third kappa shape index (κ3) is 4.39. The van der Waals surface area contributed by atoms with Gasteiger partial charge in [-0.1, -0.05) is 18.2 Å².